The van der Waals surface area contributed by atoms with E-state index in [1.54, 1.807) is 23.7 Å². The maximum atomic E-state index is 12.6. The third-order valence-corrected chi connectivity index (χ3v) is 8.41. The predicted molar refractivity (Wildman–Crippen MR) is 158 cm³/mol. The van der Waals surface area contributed by atoms with Crippen molar-refractivity contribution in [3.8, 4) is 11.4 Å². The van der Waals surface area contributed by atoms with E-state index in [-0.39, 0.29) is 10.0 Å². The van der Waals surface area contributed by atoms with Gasteiger partial charge in [0.15, 0.2) is 16.6 Å². The van der Waals surface area contributed by atoms with Crippen molar-refractivity contribution in [2.75, 3.05) is 46.6 Å². The maximum Gasteiger partial charge on any atom is 0.323 e. The van der Waals surface area contributed by atoms with Crippen LogP contribution >= 0.6 is 11.3 Å². The summed E-state index contributed by atoms with van der Waals surface area (Å²) in [6, 6.07) is 16.4. The molecule has 208 valence electrons. The number of carbonyl (C=O) groups is 1. The number of amides is 2. The van der Waals surface area contributed by atoms with E-state index in [9.17, 15) is 13.2 Å². The first-order valence-electron chi connectivity index (χ1n) is 12.6. The average molecular weight is 589 g/mol. The van der Waals surface area contributed by atoms with Crippen LogP contribution in [0.2, 0.25) is 0 Å². The van der Waals surface area contributed by atoms with Crippen LogP contribution in [-0.2, 0) is 14.8 Å². The molecule has 0 atom stereocenters. The monoisotopic (exact) mass is 588 g/mol. The van der Waals surface area contributed by atoms with Gasteiger partial charge in [0, 0.05) is 47.8 Å². The van der Waals surface area contributed by atoms with Gasteiger partial charge in [-0.1, -0.05) is 0 Å². The molecule has 0 radical (unpaired) electrons. The highest BCUT2D eigenvalue weighted by molar-refractivity contribution is 7.93. The summed E-state index contributed by atoms with van der Waals surface area (Å²) >= 11 is 1.18. The lowest BCUT2D eigenvalue weighted by Gasteiger charge is -2.28. The molecule has 41 heavy (non-hydrogen) atoms. The summed E-state index contributed by atoms with van der Waals surface area (Å²) in [5, 5.41) is 8.31. The summed E-state index contributed by atoms with van der Waals surface area (Å²) in [6.45, 7) is 2.75. The van der Waals surface area contributed by atoms with E-state index in [0.29, 0.717) is 36.1 Å². The molecule has 2 amide bonds. The van der Waals surface area contributed by atoms with E-state index in [1.807, 2.05) is 24.3 Å². The number of thiazole rings is 1. The van der Waals surface area contributed by atoms with Gasteiger partial charge in [0.05, 0.1) is 23.5 Å². The highest BCUT2D eigenvalue weighted by atomic mass is 32.2. The summed E-state index contributed by atoms with van der Waals surface area (Å²) in [7, 11) is -3.78. The molecule has 3 aromatic heterocycles. The molecule has 0 unspecified atom stereocenters. The van der Waals surface area contributed by atoms with Gasteiger partial charge in [-0.3, -0.25) is 4.72 Å². The summed E-state index contributed by atoms with van der Waals surface area (Å²) in [5.74, 6) is 1.36. The van der Waals surface area contributed by atoms with Crippen molar-refractivity contribution in [1.29, 1.82) is 0 Å². The first kappa shape index (κ1) is 26.6. The predicted octanol–water partition coefficient (Wildman–Crippen LogP) is 4.43. The van der Waals surface area contributed by atoms with Gasteiger partial charge < -0.3 is 20.3 Å². The minimum Gasteiger partial charge on any atom is -0.378 e. The Hall–Kier alpha value is -4.66. The van der Waals surface area contributed by atoms with Gasteiger partial charge in [-0.25, -0.2) is 33.1 Å². The average Bonchev–Trinajstić information content (AvgIpc) is 3.50. The fraction of sp³-hybridized carbons (Fsp3) is 0.148. The van der Waals surface area contributed by atoms with E-state index in [4.69, 9.17) is 9.72 Å². The minimum absolute atomic E-state index is 0.0529. The third kappa shape index (κ3) is 6.09. The van der Waals surface area contributed by atoms with Gasteiger partial charge >= 0.3 is 6.03 Å². The topological polar surface area (TPSA) is 151 Å². The Bertz CT molecular complexity index is 1780. The number of nitrogens with zero attached hydrogens (tertiary/aromatic N) is 5. The molecule has 1 aliphatic rings. The zero-order valence-corrected chi connectivity index (χ0v) is 23.2. The van der Waals surface area contributed by atoms with E-state index < -0.39 is 16.1 Å². The number of fused-ring (bicyclic) bond motifs is 1. The van der Waals surface area contributed by atoms with E-state index >= 15 is 0 Å². The molecule has 2 aromatic carbocycles. The highest BCUT2D eigenvalue weighted by Crippen LogP contribution is 2.28. The molecule has 5 aromatic rings. The molecule has 0 aliphatic carbocycles. The van der Waals surface area contributed by atoms with Gasteiger partial charge in [-0.05, 0) is 60.7 Å². The first-order valence-corrected chi connectivity index (χ1v) is 15.0. The number of nitrogens with one attached hydrogen (secondary N) is 3. The molecule has 4 heterocycles. The number of rotatable bonds is 7. The summed E-state index contributed by atoms with van der Waals surface area (Å²) in [6.07, 6.45) is 3.22. The minimum atomic E-state index is -3.78. The summed E-state index contributed by atoms with van der Waals surface area (Å²) in [4.78, 5) is 32.7. The van der Waals surface area contributed by atoms with Crippen molar-refractivity contribution in [2.24, 2.45) is 0 Å². The zero-order chi connectivity index (χ0) is 28.2. The van der Waals surface area contributed by atoms with Gasteiger partial charge in [-0.2, -0.15) is 0 Å². The van der Waals surface area contributed by atoms with Gasteiger partial charge in [0.1, 0.15) is 5.82 Å². The quantitative estimate of drug-likeness (QED) is 0.251. The zero-order valence-electron chi connectivity index (χ0n) is 21.5. The van der Waals surface area contributed by atoms with Crippen LogP contribution in [0.3, 0.4) is 0 Å². The number of aromatic nitrogens is 4. The molecule has 1 aliphatic heterocycles. The summed E-state index contributed by atoms with van der Waals surface area (Å²) < 4.78 is 32.9. The maximum absolute atomic E-state index is 12.6. The fourth-order valence-corrected chi connectivity index (χ4v) is 6.04. The Kier molecular flexibility index (Phi) is 7.41. The van der Waals surface area contributed by atoms with Gasteiger partial charge in [-0.15, -0.1) is 11.3 Å². The van der Waals surface area contributed by atoms with Crippen molar-refractivity contribution in [3.63, 3.8) is 0 Å². The lowest BCUT2D eigenvalue weighted by molar-refractivity contribution is 0.122. The summed E-state index contributed by atoms with van der Waals surface area (Å²) in [5.41, 5.74) is 2.38. The van der Waals surface area contributed by atoms with Crippen LogP contribution in [0.5, 0.6) is 0 Å². The lowest BCUT2D eigenvalue weighted by Crippen LogP contribution is -2.37. The SMILES string of the molecule is O=C(Nc1ccc(-c2nc(N3CCOCC3)c3cccnc3n2)cc1)Nc1ccc(S(=O)(=O)Nc2nccs2)cc1. The van der Waals surface area contributed by atoms with Crippen LogP contribution in [0.25, 0.3) is 22.4 Å². The van der Waals surface area contributed by atoms with Crippen LogP contribution in [0.4, 0.5) is 27.1 Å². The van der Waals surface area contributed by atoms with Gasteiger partial charge in [0.25, 0.3) is 10.0 Å². The molecule has 14 heteroatoms. The molecule has 1 saturated heterocycles. The lowest BCUT2D eigenvalue weighted by atomic mass is 10.2. The second-order valence-electron chi connectivity index (χ2n) is 8.97. The molecule has 6 rings (SSSR count). The largest absolute Gasteiger partial charge is 0.378 e. The second kappa shape index (κ2) is 11.4. The first-order chi connectivity index (χ1) is 19.9. The number of benzene rings is 2. The number of anilines is 4. The Morgan fingerprint density at radius 3 is 2.27 bits per heavy atom. The molecule has 1 fully saturated rings. The van der Waals surface area contributed by atoms with E-state index in [0.717, 1.165) is 29.9 Å². The smallest absolute Gasteiger partial charge is 0.323 e. The fourth-order valence-electron chi connectivity index (χ4n) is 4.25. The number of urea groups is 1. The number of sulfonamides is 1. The number of morpholine rings is 1. The molecule has 0 saturated carbocycles. The third-order valence-electron chi connectivity index (χ3n) is 6.24. The van der Waals surface area contributed by atoms with Crippen molar-refractivity contribution in [2.45, 2.75) is 4.90 Å². The number of carbonyl (C=O) groups excluding carboxylic acids is 1. The highest BCUT2D eigenvalue weighted by Gasteiger charge is 2.19. The molecule has 0 spiro atoms. The number of ether oxygens (including phenoxy) is 1. The van der Waals surface area contributed by atoms with Crippen LogP contribution in [-0.4, -0.2) is 60.7 Å². The van der Waals surface area contributed by atoms with Crippen LogP contribution < -0.4 is 20.3 Å². The second-order valence-corrected chi connectivity index (χ2v) is 11.5. The Labute approximate surface area is 239 Å². The van der Waals surface area contributed by atoms with Crippen LogP contribution in [0.1, 0.15) is 0 Å². The van der Waals surface area contributed by atoms with Crippen LogP contribution in [0, 0.1) is 0 Å². The van der Waals surface area contributed by atoms with Crippen molar-refractivity contribution in [1.82, 2.24) is 19.9 Å². The van der Waals surface area contributed by atoms with E-state index in [1.165, 1.54) is 41.8 Å². The number of hydrogen-bond acceptors (Lipinski definition) is 10. The molecule has 3 N–H and O–H groups in total. The molecule has 0 bridgehead atoms. The normalized spacial score (nSPS) is 13.6. The van der Waals surface area contributed by atoms with Crippen molar-refractivity contribution >= 4 is 60.7 Å². The molecule has 12 nitrogen and oxygen atoms in total. The number of hydrogen-bond donors (Lipinski definition) is 3. The van der Waals surface area contributed by atoms with Gasteiger partial charge in [0.2, 0.25) is 0 Å². The van der Waals surface area contributed by atoms with E-state index in [2.05, 4.69) is 35.2 Å². The van der Waals surface area contributed by atoms with Crippen molar-refractivity contribution < 1.29 is 17.9 Å². The molecular formula is C27H24N8O4S2. The Morgan fingerprint density at radius 1 is 0.878 bits per heavy atom. The standard InChI is InChI=1S/C27H24N8O4S2/c36-26(31-20-7-9-21(10-8-20)41(37,38)34-27-29-12-17-40-27)30-19-5-3-18(4-6-19)23-32-24-22(2-1-11-28-24)25(33-23)35-13-15-39-16-14-35/h1-12,17H,13-16H2,(H,29,34)(H2,30,31,36). The number of pyridine rings is 1. The Morgan fingerprint density at radius 2 is 1.59 bits per heavy atom. The Balaban J connectivity index is 1.13. The van der Waals surface area contributed by atoms with Crippen molar-refractivity contribution in [3.05, 3.63) is 78.4 Å². The van der Waals surface area contributed by atoms with Crippen LogP contribution in [0.15, 0.2) is 83.3 Å². The molecular weight excluding hydrogens is 564 g/mol.